The lowest BCUT2D eigenvalue weighted by Crippen LogP contribution is -2.29. The highest BCUT2D eigenvalue weighted by Gasteiger charge is 2.26. The lowest BCUT2D eigenvalue weighted by molar-refractivity contribution is -0.161. The van der Waals surface area contributed by atoms with Crippen LogP contribution in [-0.2, 0) is 32.7 Å². The summed E-state index contributed by atoms with van der Waals surface area (Å²) >= 11 is 0. The number of rotatable bonds is 50. The Morgan fingerprint density at radius 1 is 0.468 bits per heavy atom. The average molecular weight is 898 g/mol. The zero-order chi connectivity index (χ0) is 45.3. The molecule has 0 aromatic heterocycles. The molecule has 2 unspecified atom stereocenters. The summed E-state index contributed by atoms with van der Waals surface area (Å²) < 4.78 is 32.9. The number of carbonyl (C=O) groups excluding carboxylic acids is 2. The molecule has 0 radical (unpaired) electrons. The molecule has 0 amide bonds. The van der Waals surface area contributed by atoms with Crippen molar-refractivity contribution in [2.75, 3.05) is 26.4 Å². The van der Waals surface area contributed by atoms with Gasteiger partial charge in [0.2, 0.25) is 0 Å². The van der Waals surface area contributed by atoms with E-state index < -0.39 is 26.5 Å². The van der Waals surface area contributed by atoms with E-state index >= 15 is 0 Å². The number of hydrogen-bond donors (Lipinski definition) is 2. The highest BCUT2D eigenvalue weighted by molar-refractivity contribution is 7.47. The number of carbonyl (C=O) groups is 2. The van der Waals surface area contributed by atoms with E-state index in [0.717, 1.165) is 51.4 Å². The Balaban J connectivity index is 3.99. The molecule has 0 fully saturated rings. The van der Waals surface area contributed by atoms with Gasteiger partial charge >= 0.3 is 19.8 Å². The summed E-state index contributed by atoms with van der Waals surface area (Å²) in [6, 6.07) is 0. The number of nitrogens with two attached hydrogens (primary N) is 1. The third-order valence-corrected chi connectivity index (χ3v) is 12.5. The highest BCUT2D eigenvalue weighted by atomic mass is 31.2. The van der Waals surface area contributed by atoms with Crippen LogP contribution in [0.15, 0.2) is 24.3 Å². The molecule has 0 saturated carbocycles. The first-order chi connectivity index (χ1) is 30.3. The van der Waals surface area contributed by atoms with E-state index in [1.54, 1.807) is 0 Å². The van der Waals surface area contributed by atoms with Crippen LogP contribution in [0.2, 0.25) is 0 Å². The minimum absolute atomic E-state index is 0.0540. The van der Waals surface area contributed by atoms with Gasteiger partial charge in [0.05, 0.1) is 13.2 Å². The lowest BCUT2D eigenvalue weighted by Gasteiger charge is -2.19. The summed E-state index contributed by atoms with van der Waals surface area (Å²) in [7, 11) is -4.38. The van der Waals surface area contributed by atoms with Gasteiger partial charge in [-0.25, -0.2) is 4.57 Å². The second kappa shape index (κ2) is 48.9. The Morgan fingerprint density at radius 2 is 0.790 bits per heavy atom. The Hall–Kier alpha value is -1.51. The van der Waals surface area contributed by atoms with Gasteiger partial charge in [0.15, 0.2) is 6.10 Å². The molecule has 0 saturated heterocycles. The van der Waals surface area contributed by atoms with Crippen LogP contribution in [0, 0.1) is 0 Å². The van der Waals surface area contributed by atoms with Gasteiger partial charge in [-0.15, -0.1) is 0 Å². The SMILES string of the molecule is CCCCCCCCC/C=C\CCCCCCCC(=O)OCC(COP(=O)(O)OCCN)OC(=O)CCCCCCCCCCCCCCC/C=C\CCCCCCCCCC. The fourth-order valence-corrected chi connectivity index (χ4v) is 8.39. The number of unbranched alkanes of at least 4 members (excludes halogenated alkanes) is 33. The number of ether oxygens (including phenoxy) is 2. The lowest BCUT2D eigenvalue weighted by atomic mass is 10.0. The summed E-state index contributed by atoms with van der Waals surface area (Å²) in [5, 5.41) is 0. The van der Waals surface area contributed by atoms with E-state index in [-0.39, 0.29) is 38.6 Å². The van der Waals surface area contributed by atoms with Crippen molar-refractivity contribution in [3.63, 3.8) is 0 Å². The van der Waals surface area contributed by atoms with Gasteiger partial charge in [0.25, 0.3) is 0 Å². The van der Waals surface area contributed by atoms with E-state index in [9.17, 15) is 19.0 Å². The van der Waals surface area contributed by atoms with Crippen LogP contribution in [0.3, 0.4) is 0 Å². The fourth-order valence-electron chi connectivity index (χ4n) is 7.63. The second-order valence-electron chi connectivity index (χ2n) is 17.7. The highest BCUT2D eigenvalue weighted by Crippen LogP contribution is 2.43. The molecule has 0 aliphatic carbocycles. The van der Waals surface area contributed by atoms with Gasteiger partial charge in [0.1, 0.15) is 6.61 Å². The van der Waals surface area contributed by atoms with Gasteiger partial charge < -0.3 is 20.1 Å². The third kappa shape index (κ3) is 48.0. The van der Waals surface area contributed by atoms with E-state index in [4.69, 9.17) is 24.3 Å². The summed E-state index contributed by atoms with van der Waals surface area (Å²) in [6.45, 7) is 3.76. The molecule has 0 aliphatic rings. The first kappa shape index (κ1) is 60.5. The molecule has 3 N–H and O–H groups in total. The topological polar surface area (TPSA) is 134 Å². The van der Waals surface area contributed by atoms with Crippen molar-refractivity contribution in [1.82, 2.24) is 0 Å². The average Bonchev–Trinajstić information content (AvgIpc) is 3.26. The van der Waals surface area contributed by atoms with E-state index in [1.807, 2.05) is 0 Å². The van der Waals surface area contributed by atoms with Crippen LogP contribution < -0.4 is 5.73 Å². The first-order valence-electron chi connectivity index (χ1n) is 26.3. The van der Waals surface area contributed by atoms with Crippen LogP contribution in [0.4, 0.5) is 0 Å². The normalized spacial score (nSPS) is 13.3. The smallest absolute Gasteiger partial charge is 0.462 e. The first-order valence-corrected chi connectivity index (χ1v) is 27.8. The summed E-state index contributed by atoms with van der Waals surface area (Å²) in [5.74, 6) is -0.826. The van der Waals surface area contributed by atoms with Gasteiger partial charge in [-0.1, -0.05) is 212 Å². The number of hydrogen-bond acceptors (Lipinski definition) is 8. The predicted octanol–water partition coefficient (Wildman–Crippen LogP) is 15.9. The maximum absolute atomic E-state index is 12.7. The molecule has 10 heteroatoms. The Morgan fingerprint density at radius 3 is 1.15 bits per heavy atom. The summed E-state index contributed by atoms with van der Waals surface area (Å²) in [6.07, 6.45) is 55.1. The zero-order valence-electron chi connectivity index (χ0n) is 40.6. The number of phosphoric ester groups is 1. The Kier molecular flexibility index (Phi) is 47.7. The molecule has 9 nitrogen and oxygen atoms in total. The Labute approximate surface area is 382 Å². The van der Waals surface area contributed by atoms with Gasteiger partial charge in [-0.3, -0.25) is 18.6 Å². The largest absolute Gasteiger partial charge is 0.472 e. The van der Waals surface area contributed by atoms with Crippen LogP contribution in [0.5, 0.6) is 0 Å². The van der Waals surface area contributed by atoms with E-state index in [2.05, 4.69) is 38.2 Å². The zero-order valence-corrected chi connectivity index (χ0v) is 41.5. The number of esters is 2. The van der Waals surface area contributed by atoms with Crippen molar-refractivity contribution in [3.05, 3.63) is 24.3 Å². The molecular weight excluding hydrogens is 798 g/mol. The van der Waals surface area contributed by atoms with Gasteiger partial charge in [-0.05, 0) is 64.2 Å². The second-order valence-corrected chi connectivity index (χ2v) is 19.2. The molecule has 0 aromatic carbocycles. The molecule has 0 aromatic rings. The molecule has 0 heterocycles. The summed E-state index contributed by atoms with van der Waals surface area (Å²) in [4.78, 5) is 35.0. The van der Waals surface area contributed by atoms with Crippen LogP contribution in [-0.4, -0.2) is 49.3 Å². The Bertz CT molecular complexity index is 1070. The molecule has 0 spiro atoms. The quantitative estimate of drug-likeness (QED) is 0.0265. The van der Waals surface area contributed by atoms with Gasteiger partial charge in [-0.2, -0.15) is 0 Å². The maximum atomic E-state index is 12.7. The summed E-state index contributed by atoms with van der Waals surface area (Å²) in [5.41, 5.74) is 5.37. The standard InChI is InChI=1S/C52H100NO8P/c1-3-5-7-9-11-13-15-17-19-21-22-23-24-25-26-27-28-29-31-33-35-37-39-41-43-45-52(55)61-50(49-60-62(56,57)59-47-46-53)48-58-51(54)44-42-40-38-36-34-32-30-20-18-16-14-12-10-8-6-4-2/h20-22,30,50H,3-19,23-29,31-49,53H2,1-2H3,(H,56,57)/b22-21-,30-20-. The molecule has 0 bridgehead atoms. The predicted molar refractivity (Wildman–Crippen MR) is 261 cm³/mol. The minimum atomic E-state index is -4.38. The van der Waals surface area contributed by atoms with Crippen LogP contribution in [0.25, 0.3) is 0 Å². The molecule has 366 valence electrons. The maximum Gasteiger partial charge on any atom is 0.472 e. The number of allylic oxidation sites excluding steroid dienone is 4. The molecule has 0 aliphatic heterocycles. The van der Waals surface area contributed by atoms with Crippen molar-refractivity contribution >= 4 is 19.8 Å². The monoisotopic (exact) mass is 898 g/mol. The van der Waals surface area contributed by atoms with Crippen molar-refractivity contribution < 1.29 is 37.6 Å². The molecular formula is C52H100NO8P. The van der Waals surface area contributed by atoms with Crippen molar-refractivity contribution in [2.24, 2.45) is 5.73 Å². The van der Waals surface area contributed by atoms with E-state index in [1.165, 1.54) is 180 Å². The van der Waals surface area contributed by atoms with Crippen molar-refractivity contribution in [3.8, 4) is 0 Å². The third-order valence-electron chi connectivity index (χ3n) is 11.6. The van der Waals surface area contributed by atoms with Crippen LogP contribution >= 0.6 is 7.82 Å². The van der Waals surface area contributed by atoms with Crippen molar-refractivity contribution in [2.45, 2.75) is 270 Å². The number of phosphoric acid groups is 1. The van der Waals surface area contributed by atoms with E-state index in [0.29, 0.717) is 6.42 Å². The van der Waals surface area contributed by atoms with Crippen molar-refractivity contribution in [1.29, 1.82) is 0 Å². The van der Waals surface area contributed by atoms with Crippen LogP contribution in [0.1, 0.15) is 264 Å². The molecule has 62 heavy (non-hydrogen) atoms. The molecule has 2 atom stereocenters. The van der Waals surface area contributed by atoms with Gasteiger partial charge in [0, 0.05) is 19.4 Å². The fraction of sp³-hybridized carbons (Fsp3) is 0.885. The molecule has 0 rings (SSSR count). The minimum Gasteiger partial charge on any atom is -0.462 e.